The van der Waals surface area contributed by atoms with Gasteiger partial charge in [0.15, 0.2) is 0 Å². The Labute approximate surface area is 104 Å². The Bertz CT molecular complexity index is 371. The highest BCUT2D eigenvalue weighted by Crippen LogP contribution is 2.54. The summed E-state index contributed by atoms with van der Waals surface area (Å²) in [6.07, 6.45) is 4.82. The van der Waals surface area contributed by atoms with Crippen molar-refractivity contribution in [2.45, 2.75) is 33.2 Å². The predicted molar refractivity (Wildman–Crippen MR) is 69.5 cm³/mol. The molecule has 2 nitrogen and oxygen atoms in total. The standard InChI is InChI=1S/C15H22N2/c1-12(2)13-7-15(8-13)10-17(11-15)9-14-5-3-4-6-16-14/h3-6,12-13H,7-11H2,1-2H3. The first-order valence-corrected chi connectivity index (χ1v) is 6.79. The van der Waals surface area contributed by atoms with Gasteiger partial charge in [0, 0.05) is 25.8 Å². The molecule has 1 saturated carbocycles. The fraction of sp³-hybridized carbons (Fsp3) is 0.667. The highest BCUT2D eigenvalue weighted by molar-refractivity contribution is 5.08. The molecule has 0 unspecified atom stereocenters. The zero-order chi connectivity index (χ0) is 11.9. The Morgan fingerprint density at radius 1 is 1.35 bits per heavy atom. The van der Waals surface area contributed by atoms with Crippen molar-refractivity contribution in [2.75, 3.05) is 13.1 Å². The Morgan fingerprint density at radius 3 is 2.71 bits per heavy atom. The van der Waals surface area contributed by atoms with E-state index in [0.717, 1.165) is 18.4 Å². The van der Waals surface area contributed by atoms with Gasteiger partial charge in [0.05, 0.1) is 5.69 Å². The molecule has 1 spiro atoms. The summed E-state index contributed by atoms with van der Waals surface area (Å²) in [6, 6.07) is 6.19. The summed E-state index contributed by atoms with van der Waals surface area (Å²) in [5.41, 5.74) is 1.91. The lowest BCUT2D eigenvalue weighted by Gasteiger charge is -2.60. The van der Waals surface area contributed by atoms with E-state index in [1.807, 2.05) is 12.3 Å². The van der Waals surface area contributed by atoms with Gasteiger partial charge in [-0.15, -0.1) is 0 Å². The Kier molecular flexibility index (Phi) is 2.70. The van der Waals surface area contributed by atoms with E-state index in [9.17, 15) is 0 Å². The second-order valence-corrected chi connectivity index (χ2v) is 6.38. The van der Waals surface area contributed by atoms with Crippen LogP contribution in [0.1, 0.15) is 32.4 Å². The van der Waals surface area contributed by atoms with E-state index in [1.165, 1.54) is 31.6 Å². The first-order valence-electron chi connectivity index (χ1n) is 6.79. The molecule has 0 radical (unpaired) electrons. The summed E-state index contributed by atoms with van der Waals surface area (Å²) in [5, 5.41) is 0. The van der Waals surface area contributed by atoms with Crippen LogP contribution in [0.2, 0.25) is 0 Å². The van der Waals surface area contributed by atoms with Crippen LogP contribution in [-0.4, -0.2) is 23.0 Å². The number of hydrogen-bond acceptors (Lipinski definition) is 2. The van der Waals surface area contributed by atoms with Crippen LogP contribution in [0.5, 0.6) is 0 Å². The molecular formula is C15H22N2. The molecule has 17 heavy (non-hydrogen) atoms. The molecule has 0 aromatic carbocycles. The average molecular weight is 230 g/mol. The molecule has 0 N–H and O–H groups in total. The van der Waals surface area contributed by atoms with Gasteiger partial charge in [-0.1, -0.05) is 19.9 Å². The Balaban J connectivity index is 1.47. The molecule has 2 aliphatic rings. The zero-order valence-corrected chi connectivity index (χ0v) is 10.9. The summed E-state index contributed by atoms with van der Waals surface area (Å²) in [4.78, 5) is 6.93. The third kappa shape index (κ3) is 2.11. The van der Waals surface area contributed by atoms with E-state index in [-0.39, 0.29) is 0 Å². The molecule has 2 heterocycles. The molecule has 3 rings (SSSR count). The van der Waals surface area contributed by atoms with Gasteiger partial charge in [0.1, 0.15) is 0 Å². The summed E-state index contributed by atoms with van der Waals surface area (Å²) in [6.45, 7) is 8.36. The largest absolute Gasteiger partial charge is 0.296 e. The minimum atomic E-state index is 0.698. The lowest BCUT2D eigenvalue weighted by atomic mass is 9.55. The van der Waals surface area contributed by atoms with Crippen molar-refractivity contribution >= 4 is 0 Å². The molecule has 1 aromatic rings. The molecule has 0 atom stereocenters. The van der Waals surface area contributed by atoms with Gasteiger partial charge in [0.25, 0.3) is 0 Å². The fourth-order valence-corrected chi connectivity index (χ4v) is 3.52. The van der Waals surface area contributed by atoms with Gasteiger partial charge in [-0.3, -0.25) is 9.88 Å². The van der Waals surface area contributed by atoms with Gasteiger partial charge in [-0.05, 0) is 42.2 Å². The van der Waals surface area contributed by atoms with Gasteiger partial charge < -0.3 is 0 Å². The molecule has 0 bridgehead atoms. The van der Waals surface area contributed by atoms with Crippen LogP contribution in [0.3, 0.4) is 0 Å². The maximum Gasteiger partial charge on any atom is 0.0543 e. The highest BCUT2D eigenvalue weighted by Gasteiger charge is 2.52. The molecule has 1 aliphatic heterocycles. The molecule has 0 amide bonds. The van der Waals surface area contributed by atoms with E-state index in [1.54, 1.807) is 0 Å². The quantitative estimate of drug-likeness (QED) is 0.793. The summed E-state index contributed by atoms with van der Waals surface area (Å²) in [5.74, 6) is 1.87. The van der Waals surface area contributed by atoms with Crippen molar-refractivity contribution in [3.8, 4) is 0 Å². The van der Waals surface area contributed by atoms with Crippen LogP contribution >= 0.6 is 0 Å². The first-order chi connectivity index (χ1) is 8.17. The van der Waals surface area contributed by atoms with Gasteiger partial charge in [-0.2, -0.15) is 0 Å². The van der Waals surface area contributed by atoms with E-state index < -0.39 is 0 Å². The number of likely N-dealkylation sites (tertiary alicyclic amines) is 1. The molecule has 92 valence electrons. The maximum atomic E-state index is 4.39. The molecule has 2 fully saturated rings. The van der Waals surface area contributed by atoms with Crippen LogP contribution in [0.15, 0.2) is 24.4 Å². The average Bonchev–Trinajstić information content (AvgIpc) is 2.20. The van der Waals surface area contributed by atoms with E-state index >= 15 is 0 Å². The monoisotopic (exact) mass is 230 g/mol. The van der Waals surface area contributed by atoms with Crippen molar-refractivity contribution in [1.29, 1.82) is 0 Å². The molecule has 1 aromatic heterocycles. The predicted octanol–water partition coefficient (Wildman–Crippen LogP) is 2.95. The Morgan fingerprint density at radius 2 is 2.12 bits per heavy atom. The zero-order valence-electron chi connectivity index (χ0n) is 10.9. The van der Waals surface area contributed by atoms with E-state index in [0.29, 0.717) is 5.41 Å². The second kappa shape index (κ2) is 4.09. The van der Waals surface area contributed by atoms with Crippen molar-refractivity contribution in [1.82, 2.24) is 9.88 Å². The molecule has 1 saturated heterocycles. The molecule has 1 aliphatic carbocycles. The first kappa shape index (κ1) is 11.2. The van der Waals surface area contributed by atoms with Gasteiger partial charge >= 0.3 is 0 Å². The van der Waals surface area contributed by atoms with Crippen LogP contribution in [-0.2, 0) is 6.54 Å². The molecular weight excluding hydrogens is 208 g/mol. The normalized spacial score (nSPS) is 23.7. The maximum absolute atomic E-state index is 4.39. The van der Waals surface area contributed by atoms with Gasteiger partial charge in [-0.25, -0.2) is 0 Å². The van der Waals surface area contributed by atoms with Crippen molar-refractivity contribution in [3.63, 3.8) is 0 Å². The number of pyridine rings is 1. The number of aromatic nitrogens is 1. The van der Waals surface area contributed by atoms with Crippen LogP contribution in [0.25, 0.3) is 0 Å². The van der Waals surface area contributed by atoms with Crippen molar-refractivity contribution < 1.29 is 0 Å². The van der Waals surface area contributed by atoms with Crippen LogP contribution < -0.4 is 0 Å². The number of hydrogen-bond donors (Lipinski definition) is 0. The minimum absolute atomic E-state index is 0.698. The fourth-order valence-electron chi connectivity index (χ4n) is 3.52. The van der Waals surface area contributed by atoms with Crippen LogP contribution in [0, 0.1) is 17.3 Å². The van der Waals surface area contributed by atoms with E-state index in [2.05, 4.69) is 35.9 Å². The summed E-state index contributed by atoms with van der Waals surface area (Å²) >= 11 is 0. The smallest absolute Gasteiger partial charge is 0.0543 e. The van der Waals surface area contributed by atoms with Crippen molar-refractivity contribution in [3.05, 3.63) is 30.1 Å². The van der Waals surface area contributed by atoms with Crippen LogP contribution in [0.4, 0.5) is 0 Å². The lowest BCUT2D eigenvalue weighted by Crippen LogP contribution is -2.62. The van der Waals surface area contributed by atoms with E-state index in [4.69, 9.17) is 0 Å². The SMILES string of the molecule is CC(C)C1CC2(C1)CN(Cc1ccccn1)C2. The highest BCUT2D eigenvalue weighted by atomic mass is 15.2. The summed E-state index contributed by atoms with van der Waals surface area (Å²) in [7, 11) is 0. The minimum Gasteiger partial charge on any atom is -0.296 e. The number of rotatable bonds is 3. The summed E-state index contributed by atoms with van der Waals surface area (Å²) < 4.78 is 0. The van der Waals surface area contributed by atoms with Crippen molar-refractivity contribution in [2.24, 2.45) is 17.3 Å². The third-order valence-electron chi connectivity index (χ3n) is 4.56. The Hall–Kier alpha value is -0.890. The second-order valence-electron chi connectivity index (χ2n) is 6.38. The number of nitrogens with zero attached hydrogens (tertiary/aromatic N) is 2. The lowest BCUT2D eigenvalue weighted by molar-refractivity contribution is -0.110. The third-order valence-corrected chi connectivity index (χ3v) is 4.56. The topological polar surface area (TPSA) is 16.1 Å². The van der Waals surface area contributed by atoms with Gasteiger partial charge in [0.2, 0.25) is 0 Å². The molecule has 2 heteroatoms.